The number of hydrogen-bond donors (Lipinski definition) is 1. The molecule has 0 saturated carbocycles. The maximum atomic E-state index is 8.88. The van der Waals surface area contributed by atoms with Crippen molar-refractivity contribution in [2.75, 3.05) is 0 Å². The molecular formula is C16H16ClNO2. The Hall–Kier alpha value is -2.00. The first-order chi connectivity index (χ1) is 9.61. The quantitative estimate of drug-likeness (QED) is 0.514. The van der Waals surface area contributed by atoms with Crippen LogP contribution >= 0.6 is 11.6 Å². The Morgan fingerprint density at radius 1 is 1.25 bits per heavy atom. The normalized spacial score (nSPS) is 11.4. The van der Waals surface area contributed by atoms with Gasteiger partial charge in [0.2, 0.25) is 0 Å². The Bertz CT molecular complexity index is 638. The molecule has 0 aliphatic carbocycles. The number of halogens is 1. The van der Waals surface area contributed by atoms with Gasteiger partial charge >= 0.3 is 0 Å². The largest absolute Gasteiger partial charge is 0.488 e. The second-order valence-electron chi connectivity index (χ2n) is 4.57. The molecule has 0 atom stereocenters. The average molecular weight is 290 g/mol. The van der Waals surface area contributed by atoms with Crippen LogP contribution < -0.4 is 4.74 Å². The van der Waals surface area contributed by atoms with Crippen LogP contribution in [0.15, 0.2) is 47.6 Å². The van der Waals surface area contributed by atoms with E-state index >= 15 is 0 Å². The van der Waals surface area contributed by atoms with E-state index in [1.54, 1.807) is 6.92 Å². The second-order valence-corrected chi connectivity index (χ2v) is 4.97. The molecule has 0 fully saturated rings. The van der Waals surface area contributed by atoms with Gasteiger partial charge in [0.15, 0.2) is 0 Å². The van der Waals surface area contributed by atoms with Crippen molar-refractivity contribution in [3.8, 4) is 5.75 Å². The fraction of sp³-hybridized carbons (Fsp3) is 0.188. The van der Waals surface area contributed by atoms with Gasteiger partial charge in [0, 0.05) is 16.1 Å². The molecule has 2 aromatic carbocycles. The van der Waals surface area contributed by atoms with Crippen molar-refractivity contribution >= 4 is 17.3 Å². The van der Waals surface area contributed by atoms with E-state index in [0.29, 0.717) is 23.1 Å². The summed E-state index contributed by atoms with van der Waals surface area (Å²) >= 11 is 6.18. The van der Waals surface area contributed by atoms with E-state index in [9.17, 15) is 0 Å². The van der Waals surface area contributed by atoms with Crippen LogP contribution in [-0.2, 0) is 6.61 Å². The van der Waals surface area contributed by atoms with Crippen LogP contribution in [0.5, 0.6) is 5.75 Å². The smallest absolute Gasteiger partial charge is 0.128 e. The van der Waals surface area contributed by atoms with E-state index in [2.05, 4.69) is 5.16 Å². The molecular weight excluding hydrogens is 274 g/mol. The lowest BCUT2D eigenvalue weighted by Gasteiger charge is -2.11. The van der Waals surface area contributed by atoms with Crippen molar-refractivity contribution in [2.45, 2.75) is 20.5 Å². The van der Waals surface area contributed by atoms with E-state index in [1.807, 2.05) is 49.4 Å². The predicted molar refractivity (Wildman–Crippen MR) is 81.0 cm³/mol. The van der Waals surface area contributed by atoms with Crippen LogP contribution in [0.4, 0.5) is 0 Å². The van der Waals surface area contributed by atoms with Crippen molar-refractivity contribution in [3.05, 3.63) is 64.2 Å². The molecule has 0 heterocycles. The van der Waals surface area contributed by atoms with Gasteiger partial charge in [0.25, 0.3) is 0 Å². The van der Waals surface area contributed by atoms with Crippen LogP contribution in [0, 0.1) is 6.92 Å². The zero-order valence-electron chi connectivity index (χ0n) is 11.4. The second kappa shape index (κ2) is 6.44. The van der Waals surface area contributed by atoms with E-state index in [0.717, 1.165) is 16.7 Å². The molecule has 0 bridgehead atoms. The molecule has 104 valence electrons. The number of nitrogens with zero attached hydrogens (tertiary/aromatic N) is 1. The Kier molecular flexibility index (Phi) is 4.64. The van der Waals surface area contributed by atoms with Gasteiger partial charge in [-0.1, -0.05) is 41.0 Å². The summed E-state index contributed by atoms with van der Waals surface area (Å²) < 4.78 is 5.79. The molecule has 1 N–H and O–H groups in total. The molecule has 4 heteroatoms. The number of aryl methyl sites for hydroxylation is 1. The van der Waals surface area contributed by atoms with Crippen molar-refractivity contribution < 1.29 is 9.94 Å². The summed E-state index contributed by atoms with van der Waals surface area (Å²) in [5.74, 6) is 0.666. The van der Waals surface area contributed by atoms with Gasteiger partial charge in [0.1, 0.15) is 12.4 Å². The summed E-state index contributed by atoms with van der Waals surface area (Å²) in [5.41, 5.74) is 3.31. The summed E-state index contributed by atoms with van der Waals surface area (Å²) in [6.45, 7) is 4.09. The molecule has 2 aromatic rings. The lowest BCUT2D eigenvalue weighted by molar-refractivity contribution is 0.303. The van der Waals surface area contributed by atoms with Gasteiger partial charge in [0.05, 0.1) is 5.71 Å². The zero-order chi connectivity index (χ0) is 14.5. The summed E-state index contributed by atoms with van der Waals surface area (Å²) in [4.78, 5) is 0. The Morgan fingerprint density at radius 2 is 2.00 bits per heavy atom. The lowest BCUT2D eigenvalue weighted by atomic mass is 10.1. The van der Waals surface area contributed by atoms with Crippen molar-refractivity contribution in [1.82, 2.24) is 0 Å². The molecule has 0 radical (unpaired) electrons. The summed E-state index contributed by atoms with van der Waals surface area (Å²) in [6, 6.07) is 13.3. The van der Waals surface area contributed by atoms with E-state index in [4.69, 9.17) is 21.5 Å². The van der Waals surface area contributed by atoms with Crippen molar-refractivity contribution in [2.24, 2.45) is 5.16 Å². The SMILES string of the molecule is C/C(=N/O)c1ccccc1OCc1ccc(C)cc1Cl. The predicted octanol–water partition coefficient (Wildman–Crippen LogP) is 4.43. The van der Waals surface area contributed by atoms with E-state index in [-0.39, 0.29) is 0 Å². The van der Waals surface area contributed by atoms with Crippen LogP contribution in [0.1, 0.15) is 23.6 Å². The number of para-hydroxylation sites is 1. The monoisotopic (exact) mass is 289 g/mol. The molecule has 0 aliphatic heterocycles. The van der Waals surface area contributed by atoms with Gasteiger partial charge in [-0.2, -0.15) is 0 Å². The molecule has 0 saturated heterocycles. The minimum absolute atomic E-state index is 0.370. The molecule has 20 heavy (non-hydrogen) atoms. The highest BCUT2D eigenvalue weighted by Crippen LogP contribution is 2.23. The molecule has 0 unspecified atom stereocenters. The van der Waals surface area contributed by atoms with E-state index < -0.39 is 0 Å². The third kappa shape index (κ3) is 3.31. The highest BCUT2D eigenvalue weighted by molar-refractivity contribution is 6.31. The molecule has 0 aliphatic rings. The first-order valence-electron chi connectivity index (χ1n) is 6.27. The van der Waals surface area contributed by atoms with Crippen molar-refractivity contribution in [1.29, 1.82) is 0 Å². The Balaban J connectivity index is 2.19. The number of rotatable bonds is 4. The maximum Gasteiger partial charge on any atom is 0.128 e. The van der Waals surface area contributed by atoms with Gasteiger partial charge < -0.3 is 9.94 Å². The molecule has 0 spiro atoms. The summed E-state index contributed by atoms with van der Waals surface area (Å²) in [7, 11) is 0. The maximum absolute atomic E-state index is 8.88. The number of benzene rings is 2. The van der Waals surface area contributed by atoms with Crippen LogP contribution in [-0.4, -0.2) is 10.9 Å². The first-order valence-corrected chi connectivity index (χ1v) is 6.65. The average Bonchev–Trinajstić information content (AvgIpc) is 2.46. The van der Waals surface area contributed by atoms with Gasteiger partial charge in [-0.05, 0) is 37.6 Å². The molecule has 2 rings (SSSR count). The fourth-order valence-corrected chi connectivity index (χ4v) is 2.16. The van der Waals surface area contributed by atoms with Gasteiger partial charge in [-0.15, -0.1) is 0 Å². The fourth-order valence-electron chi connectivity index (χ4n) is 1.87. The van der Waals surface area contributed by atoms with E-state index in [1.165, 1.54) is 0 Å². The molecule has 0 aromatic heterocycles. The third-order valence-electron chi connectivity index (χ3n) is 3.02. The zero-order valence-corrected chi connectivity index (χ0v) is 12.2. The number of oxime groups is 1. The minimum atomic E-state index is 0.370. The van der Waals surface area contributed by atoms with Crippen LogP contribution in [0.3, 0.4) is 0 Å². The van der Waals surface area contributed by atoms with Crippen LogP contribution in [0.2, 0.25) is 5.02 Å². The third-order valence-corrected chi connectivity index (χ3v) is 3.37. The minimum Gasteiger partial charge on any atom is -0.488 e. The van der Waals surface area contributed by atoms with Gasteiger partial charge in [-0.25, -0.2) is 0 Å². The first kappa shape index (κ1) is 14.4. The van der Waals surface area contributed by atoms with Crippen LogP contribution in [0.25, 0.3) is 0 Å². The summed E-state index contributed by atoms with van der Waals surface area (Å²) in [5, 5.41) is 12.8. The van der Waals surface area contributed by atoms with Crippen molar-refractivity contribution in [3.63, 3.8) is 0 Å². The number of ether oxygens (including phenoxy) is 1. The molecule has 3 nitrogen and oxygen atoms in total. The highest BCUT2D eigenvalue weighted by Gasteiger charge is 2.08. The Labute approximate surface area is 123 Å². The number of hydrogen-bond acceptors (Lipinski definition) is 3. The summed E-state index contributed by atoms with van der Waals surface area (Å²) in [6.07, 6.45) is 0. The van der Waals surface area contributed by atoms with Gasteiger partial charge in [-0.3, -0.25) is 0 Å². The molecule has 0 amide bonds. The Morgan fingerprint density at radius 3 is 2.70 bits per heavy atom. The lowest BCUT2D eigenvalue weighted by Crippen LogP contribution is -2.02. The highest BCUT2D eigenvalue weighted by atomic mass is 35.5. The standard InChI is InChI=1S/C16H16ClNO2/c1-11-7-8-13(15(17)9-11)10-20-16-6-4-3-5-14(16)12(2)18-19/h3-9,19H,10H2,1-2H3/b18-12-. The topological polar surface area (TPSA) is 41.8 Å².